The maximum Gasteiger partial charge on any atom is 0.182 e. The Morgan fingerprint density at radius 1 is 1.17 bits per heavy atom. The predicted molar refractivity (Wildman–Crippen MR) is 139 cm³/mol. The number of nitrogens with zero attached hydrogens (tertiary/aromatic N) is 3. The minimum atomic E-state index is 0.0412. The second-order valence-electron chi connectivity index (χ2n) is 9.50. The lowest BCUT2D eigenvalue weighted by Crippen LogP contribution is -2.23. The lowest BCUT2D eigenvalue weighted by molar-refractivity contribution is 0.0879. The third-order valence-electron chi connectivity index (χ3n) is 7.20. The van der Waals surface area contributed by atoms with Gasteiger partial charge in [-0.2, -0.15) is 9.61 Å². The van der Waals surface area contributed by atoms with Crippen molar-refractivity contribution in [3.63, 3.8) is 0 Å². The van der Waals surface area contributed by atoms with E-state index < -0.39 is 0 Å². The molecule has 2 aliphatic rings. The Hall–Kier alpha value is -3.81. The van der Waals surface area contributed by atoms with Gasteiger partial charge in [0.1, 0.15) is 19.3 Å². The Morgan fingerprint density at radius 2 is 2.03 bits per heavy atom. The van der Waals surface area contributed by atoms with Crippen LogP contribution in [0.25, 0.3) is 16.6 Å². The number of aromatic amines is 1. The fraction of sp³-hybridized carbons (Fsp3) is 0.296. The van der Waals surface area contributed by atoms with E-state index in [0.29, 0.717) is 29.3 Å². The van der Waals surface area contributed by atoms with E-state index in [4.69, 9.17) is 12.8 Å². The fourth-order valence-electron chi connectivity index (χ4n) is 5.24. The first-order valence-corrected chi connectivity index (χ1v) is 12.2. The van der Waals surface area contributed by atoms with Gasteiger partial charge in [-0.15, -0.1) is 0 Å². The Bertz CT molecular complexity index is 1420. The quantitative estimate of drug-likeness (QED) is 0.301. The van der Waals surface area contributed by atoms with Crippen LogP contribution < -0.4 is 16.1 Å². The molecule has 0 atom stereocenters. The third-order valence-corrected chi connectivity index (χ3v) is 7.20. The average Bonchev–Trinajstić information content (AvgIpc) is 3.51. The summed E-state index contributed by atoms with van der Waals surface area (Å²) in [5.41, 5.74) is 5.25. The van der Waals surface area contributed by atoms with Crippen molar-refractivity contribution in [2.45, 2.75) is 31.6 Å². The summed E-state index contributed by atoms with van der Waals surface area (Å²) in [4.78, 5) is 21.4. The van der Waals surface area contributed by atoms with Gasteiger partial charge in [0.15, 0.2) is 5.78 Å². The molecule has 3 N–H and O–H groups in total. The highest BCUT2D eigenvalue weighted by Crippen LogP contribution is 2.37. The highest BCUT2D eigenvalue weighted by atomic mass is 16.1. The van der Waals surface area contributed by atoms with E-state index >= 15 is 0 Å². The Kier molecular flexibility index (Phi) is 5.64. The molecule has 0 spiro atoms. The topological polar surface area (TPSA) is 87.1 Å². The van der Waals surface area contributed by atoms with Gasteiger partial charge in [-0.1, -0.05) is 24.3 Å². The molecule has 0 saturated heterocycles. The normalized spacial score (nSPS) is 20.1. The molecule has 8 heteroatoms. The minimum absolute atomic E-state index is 0.0412. The number of dihydropyridines is 1. The summed E-state index contributed by atoms with van der Waals surface area (Å²) >= 11 is 0. The number of nitrogens with one attached hydrogen (secondary N) is 3. The van der Waals surface area contributed by atoms with Gasteiger partial charge in [0.05, 0.1) is 5.69 Å². The number of para-hydroxylation sites is 1. The number of hydrogen-bond donors (Lipinski definition) is 3. The molecule has 35 heavy (non-hydrogen) atoms. The smallest absolute Gasteiger partial charge is 0.182 e. The molecule has 174 valence electrons. The van der Waals surface area contributed by atoms with Gasteiger partial charge in [-0.3, -0.25) is 4.79 Å². The van der Waals surface area contributed by atoms with Crippen LogP contribution in [-0.2, 0) is 0 Å². The summed E-state index contributed by atoms with van der Waals surface area (Å²) in [7, 11) is 6.19. The van der Waals surface area contributed by atoms with Crippen molar-refractivity contribution in [3.8, 4) is 0 Å². The molecular weight excluding hydrogens is 435 g/mol. The number of hydrogen-bond acceptors (Lipinski definition) is 5. The molecular formula is C27H27BN6O. The van der Waals surface area contributed by atoms with Gasteiger partial charge in [0.2, 0.25) is 0 Å². The zero-order valence-electron chi connectivity index (χ0n) is 19.5. The van der Waals surface area contributed by atoms with Crippen LogP contribution >= 0.6 is 0 Å². The number of ketones is 1. The van der Waals surface area contributed by atoms with E-state index in [1.807, 2.05) is 42.6 Å². The van der Waals surface area contributed by atoms with Gasteiger partial charge in [-0.25, -0.2) is 4.98 Å². The molecule has 3 aromatic heterocycles. The second-order valence-corrected chi connectivity index (χ2v) is 9.50. The third kappa shape index (κ3) is 4.25. The summed E-state index contributed by atoms with van der Waals surface area (Å²) in [6, 6.07) is 12.1. The molecule has 1 fully saturated rings. The Labute approximate surface area is 205 Å². The largest absolute Gasteiger partial charge is 0.387 e. The van der Waals surface area contributed by atoms with Crippen molar-refractivity contribution in [1.82, 2.24) is 24.9 Å². The van der Waals surface area contributed by atoms with Crippen LogP contribution in [0.15, 0.2) is 66.5 Å². The summed E-state index contributed by atoms with van der Waals surface area (Å²) in [5, 5.41) is 12.3. The number of carbonyl (C=O) groups excluding carboxylic acids is 1. The highest BCUT2D eigenvalue weighted by Gasteiger charge is 2.30. The van der Waals surface area contributed by atoms with Crippen LogP contribution in [-0.4, -0.2) is 46.3 Å². The number of fused-ring (bicyclic) bond motifs is 2. The van der Waals surface area contributed by atoms with Crippen LogP contribution in [0.2, 0.25) is 0 Å². The van der Waals surface area contributed by atoms with Crippen molar-refractivity contribution < 1.29 is 4.79 Å². The lowest BCUT2D eigenvalue weighted by atomic mass is 9.78. The van der Waals surface area contributed by atoms with Crippen molar-refractivity contribution in [2.75, 3.05) is 18.4 Å². The number of rotatable bonds is 6. The van der Waals surface area contributed by atoms with Gasteiger partial charge in [0.25, 0.3) is 0 Å². The molecule has 1 aromatic carbocycles. The van der Waals surface area contributed by atoms with Crippen LogP contribution in [0.5, 0.6) is 0 Å². The summed E-state index contributed by atoms with van der Waals surface area (Å²) < 4.78 is 1.77. The van der Waals surface area contributed by atoms with Crippen LogP contribution in [0.3, 0.4) is 0 Å². The highest BCUT2D eigenvalue weighted by molar-refractivity contribution is 6.36. The summed E-state index contributed by atoms with van der Waals surface area (Å²) in [6.45, 7) is 1.53. The molecule has 7 nitrogen and oxygen atoms in total. The Morgan fingerprint density at radius 3 is 2.83 bits per heavy atom. The molecule has 0 amide bonds. The number of anilines is 1. The summed E-state index contributed by atoms with van der Waals surface area (Å²) in [5.74, 6) is 1.43. The number of H-pyrrole nitrogens is 1. The average molecular weight is 462 g/mol. The lowest BCUT2D eigenvalue weighted by Gasteiger charge is -2.27. The van der Waals surface area contributed by atoms with Crippen LogP contribution in [0.1, 0.15) is 47.8 Å². The molecule has 1 aliphatic carbocycles. The Balaban J connectivity index is 1.19. The van der Waals surface area contributed by atoms with E-state index in [2.05, 4.69) is 32.9 Å². The molecule has 0 bridgehead atoms. The maximum atomic E-state index is 13.2. The van der Waals surface area contributed by atoms with Gasteiger partial charge < -0.3 is 15.6 Å². The van der Waals surface area contributed by atoms with Crippen molar-refractivity contribution >= 4 is 41.5 Å². The van der Waals surface area contributed by atoms with E-state index in [1.54, 1.807) is 10.7 Å². The first-order valence-electron chi connectivity index (χ1n) is 12.2. The van der Waals surface area contributed by atoms with Crippen molar-refractivity contribution in [2.24, 2.45) is 5.92 Å². The zero-order chi connectivity index (χ0) is 23.8. The zero-order valence-corrected chi connectivity index (χ0v) is 19.5. The van der Waals surface area contributed by atoms with Crippen LogP contribution in [0.4, 0.5) is 5.82 Å². The fourth-order valence-corrected chi connectivity index (χ4v) is 5.24. The molecule has 2 radical (unpaired) electrons. The maximum absolute atomic E-state index is 13.2. The first kappa shape index (κ1) is 21.7. The number of benzene rings is 1. The van der Waals surface area contributed by atoms with E-state index in [1.165, 1.54) is 5.57 Å². The monoisotopic (exact) mass is 462 g/mol. The van der Waals surface area contributed by atoms with E-state index in [9.17, 15) is 4.79 Å². The minimum Gasteiger partial charge on any atom is -0.387 e. The van der Waals surface area contributed by atoms with Crippen molar-refractivity contribution in [1.29, 1.82) is 0 Å². The number of allylic oxidation sites excluding steroid dienone is 2. The molecule has 4 heterocycles. The van der Waals surface area contributed by atoms with Gasteiger partial charge in [0, 0.05) is 53.8 Å². The standard InChI is InChI=1S/C27H27BN6O/c28-21-16-31-34-25(30-15-17-4-3-11-29-14-17)13-23(33-27(21)34)18-7-9-19(10-8-18)26(35)24-12-20-5-1-2-6-22(20)32-24/h1-6,11-13,16,18-19,29-30,32H,7-10,14-15H2. The van der Waals surface area contributed by atoms with Gasteiger partial charge in [-0.05, 0) is 61.1 Å². The molecule has 6 rings (SSSR count). The SMILES string of the molecule is [B]c1cnn2c(NCC3=CC=CNC3)cc(C3CCC(C(=O)c4cc5ccccc5[nH]4)CC3)nc12. The predicted octanol–water partition coefficient (Wildman–Crippen LogP) is 3.62. The second kappa shape index (κ2) is 9.10. The summed E-state index contributed by atoms with van der Waals surface area (Å²) in [6.07, 6.45) is 11.3. The molecule has 1 aliphatic heterocycles. The van der Waals surface area contributed by atoms with Crippen LogP contribution in [0, 0.1) is 5.92 Å². The number of carbonyl (C=O) groups is 1. The molecule has 1 saturated carbocycles. The van der Waals surface area contributed by atoms with E-state index in [-0.39, 0.29) is 11.7 Å². The van der Waals surface area contributed by atoms with E-state index in [0.717, 1.165) is 54.6 Å². The number of aromatic nitrogens is 4. The molecule has 4 aromatic rings. The molecule has 0 unspecified atom stereocenters. The van der Waals surface area contributed by atoms with Crippen molar-refractivity contribution in [3.05, 3.63) is 77.9 Å². The van der Waals surface area contributed by atoms with Gasteiger partial charge >= 0.3 is 0 Å². The number of Topliss-reactive ketones (excluding diaryl/α,β-unsaturated/α-hetero) is 1. The first-order chi connectivity index (χ1) is 17.2.